The van der Waals surface area contributed by atoms with E-state index in [1.165, 1.54) is 57.9 Å². The minimum absolute atomic E-state index is 0.797. The van der Waals surface area contributed by atoms with Gasteiger partial charge in [0.15, 0.2) is 0 Å². The molecule has 0 aromatic rings. The van der Waals surface area contributed by atoms with Crippen molar-refractivity contribution in [1.82, 2.24) is 5.32 Å². The average molecular weight is 235 g/mol. The van der Waals surface area contributed by atoms with E-state index in [4.69, 9.17) is 0 Å². The fourth-order valence-corrected chi connectivity index (χ4v) is 3.30. The summed E-state index contributed by atoms with van der Waals surface area (Å²) in [7, 11) is 0. The predicted molar refractivity (Wildman–Crippen MR) is 75.1 cm³/mol. The van der Waals surface area contributed by atoms with Crippen LogP contribution in [0.3, 0.4) is 0 Å². The van der Waals surface area contributed by atoms with Crippen molar-refractivity contribution in [3.8, 4) is 0 Å². The van der Waals surface area contributed by atoms with Crippen LogP contribution in [0.25, 0.3) is 0 Å². The number of rotatable bonds is 4. The molecule has 2 aliphatic carbocycles. The van der Waals surface area contributed by atoms with Crippen LogP contribution < -0.4 is 5.32 Å². The Hall–Kier alpha value is -0.300. The zero-order valence-corrected chi connectivity index (χ0v) is 11.7. The zero-order valence-electron chi connectivity index (χ0n) is 11.7. The van der Waals surface area contributed by atoms with Gasteiger partial charge >= 0.3 is 0 Å². The first kappa shape index (κ1) is 13.1. The van der Waals surface area contributed by atoms with E-state index < -0.39 is 0 Å². The van der Waals surface area contributed by atoms with Crippen LogP contribution in [0, 0.1) is 11.8 Å². The summed E-state index contributed by atoms with van der Waals surface area (Å²) in [5.74, 6) is 1.85. The quantitative estimate of drug-likeness (QED) is 0.717. The van der Waals surface area contributed by atoms with Crippen molar-refractivity contribution in [1.29, 1.82) is 0 Å². The topological polar surface area (TPSA) is 12.0 Å². The van der Waals surface area contributed by atoms with Crippen LogP contribution in [0.4, 0.5) is 0 Å². The van der Waals surface area contributed by atoms with E-state index in [0.29, 0.717) is 0 Å². The van der Waals surface area contributed by atoms with E-state index in [0.717, 1.165) is 17.9 Å². The van der Waals surface area contributed by atoms with Gasteiger partial charge < -0.3 is 5.32 Å². The van der Waals surface area contributed by atoms with Crippen molar-refractivity contribution in [2.75, 3.05) is 6.54 Å². The lowest BCUT2D eigenvalue weighted by atomic mass is 9.79. The summed E-state index contributed by atoms with van der Waals surface area (Å²) in [6.07, 6.45) is 13.5. The maximum atomic E-state index is 3.78. The number of hydrogen-bond acceptors (Lipinski definition) is 1. The van der Waals surface area contributed by atoms with Crippen molar-refractivity contribution in [2.24, 2.45) is 11.8 Å². The van der Waals surface area contributed by atoms with E-state index in [1.54, 1.807) is 5.57 Å². The SMILES string of the molecule is CC1CCC(NCCC2=CCCCC2)CC1C. The van der Waals surface area contributed by atoms with Gasteiger partial charge in [-0.1, -0.05) is 25.5 Å². The van der Waals surface area contributed by atoms with Gasteiger partial charge in [-0.05, 0) is 69.7 Å². The third-order valence-electron chi connectivity index (χ3n) is 4.86. The molecule has 0 aliphatic heterocycles. The molecule has 0 bridgehead atoms. The molecule has 1 fully saturated rings. The van der Waals surface area contributed by atoms with Crippen LogP contribution in [0.1, 0.15) is 65.2 Å². The summed E-state index contributed by atoms with van der Waals surface area (Å²) in [5.41, 5.74) is 1.71. The Labute approximate surface area is 107 Å². The van der Waals surface area contributed by atoms with Gasteiger partial charge in [-0.15, -0.1) is 0 Å². The number of nitrogens with one attached hydrogen (secondary N) is 1. The Balaban J connectivity index is 1.63. The highest BCUT2D eigenvalue weighted by molar-refractivity contribution is 5.05. The molecule has 3 unspecified atom stereocenters. The Morgan fingerprint density at radius 3 is 2.76 bits per heavy atom. The summed E-state index contributed by atoms with van der Waals surface area (Å²) in [6, 6.07) is 0.797. The molecule has 2 aliphatic rings. The average Bonchev–Trinajstić information content (AvgIpc) is 2.35. The third-order valence-corrected chi connectivity index (χ3v) is 4.86. The van der Waals surface area contributed by atoms with Crippen LogP contribution in [0.2, 0.25) is 0 Å². The number of allylic oxidation sites excluding steroid dienone is 1. The lowest BCUT2D eigenvalue weighted by molar-refractivity contribution is 0.227. The van der Waals surface area contributed by atoms with Crippen LogP contribution >= 0.6 is 0 Å². The smallest absolute Gasteiger partial charge is 0.00699 e. The molecule has 1 saturated carbocycles. The molecule has 0 spiro atoms. The van der Waals surface area contributed by atoms with E-state index in [1.807, 2.05) is 0 Å². The van der Waals surface area contributed by atoms with Gasteiger partial charge in [-0.25, -0.2) is 0 Å². The minimum atomic E-state index is 0.797. The Morgan fingerprint density at radius 1 is 1.18 bits per heavy atom. The van der Waals surface area contributed by atoms with E-state index in [2.05, 4.69) is 25.2 Å². The molecule has 0 heterocycles. The van der Waals surface area contributed by atoms with Gasteiger partial charge in [0.1, 0.15) is 0 Å². The van der Waals surface area contributed by atoms with Crippen molar-refractivity contribution >= 4 is 0 Å². The summed E-state index contributed by atoms with van der Waals surface area (Å²) < 4.78 is 0. The molecule has 1 nitrogen and oxygen atoms in total. The highest BCUT2D eigenvalue weighted by Crippen LogP contribution is 2.29. The molecular formula is C16H29N. The number of hydrogen-bond donors (Lipinski definition) is 1. The highest BCUT2D eigenvalue weighted by Gasteiger charge is 2.23. The van der Waals surface area contributed by atoms with Crippen LogP contribution in [-0.2, 0) is 0 Å². The van der Waals surface area contributed by atoms with Gasteiger partial charge in [0.25, 0.3) is 0 Å². The molecule has 0 saturated heterocycles. The van der Waals surface area contributed by atoms with Crippen molar-refractivity contribution in [2.45, 2.75) is 71.3 Å². The molecule has 98 valence electrons. The van der Waals surface area contributed by atoms with Gasteiger partial charge in [0.05, 0.1) is 0 Å². The minimum Gasteiger partial charge on any atom is -0.314 e. The van der Waals surface area contributed by atoms with Crippen molar-refractivity contribution < 1.29 is 0 Å². The second-order valence-electron chi connectivity index (χ2n) is 6.28. The molecule has 3 atom stereocenters. The highest BCUT2D eigenvalue weighted by atomic mass is 14.9. The molecule has 0 radical (unpaired) electrons. The maximum absolute atomic E-state index is 3.78. The van der Waals surface area contributed by atoms with Crippen molar-refractivity contribution in [3.63, 3.8) is 0 Å². The molecule has 1 N–H and O–H groups in total. The van der Waals surface area contributed by atoms with E-state index in [-0.39, 0.29) is 0 Å². The first-order valence-corrected chi connectivity index (χ1v) is 7.67. The van der Waals surface area contributed by atoms with Gasteiger partial charge in [0.2, 0.25) is 0 Å². The molecule has 2 rings (SSSR count). The fourth-order valence-electron chi connectivity index (χ4n) is 3.30. The van der Waals surface area contributed by atoms with Gasteiger partial charge in [-0.2, -0.15) is 0 Å². The predicted octanol–water partition coefficient (Wildman–Crippen LogP) is 4.29. The fraction of sp³-hybridized carbons (Fsp3) is 0.875. The molecule has 0 amide bonds. The Bertz CT molecular complexity index is 256. The standard InChI is InChI=1S/C16H29N/c1-13-8-9-16(12-14(13)2)17-11-10-15-6-4-3-5-7-15/h6,13-14,16-17H,3-5,7-12H2,1-2H3. The van der Waals surface area contributed by atoms with Gasteiger partial charge in [-0.3, -0.25) is 0 Å². The van der Waals surface area contributed by atoms with E-state index >= 15 is 0 Å². The molecule has 0 aromatic carbocycles. The first-order chi connectivity index (χ1) is 8.25. The third kappa shape index (κ3) is 4.13. The van der Waals surface area contributed by atoms with Crippen LogP contribution in [0.5, 0.6) is 0 Å². The largest absolute Gasteiger partial charge is 0.314 e. The zero-order chi connectivity index (χ0) is 12.1. The van der Waals surface area contributed by atoms with E-state index in [9.17, 15) is 0 Å². The summed E-state index contributed by atoms with van der Waals surface area (Å²) in [6.45, 7) is 6.04. The maximum Gasteiger partial charge on any atom is 0.00699 e. The second kappa shape index (κ2) is 6.58. The van der Waals surface area contributed by atoms with Crippen LogP contribution in [0.15, 0.2) is 11.6 Å². The van der Waals surface area contributed by atoms with Gasteiger partial charge in [0, 0.05) is 6.04 Å². The molecular weight excluding hydrogens is 206 g/mol. The Morgan fingerprint density at radius 2 is 2.06 bits per heavy atom. The molecule has 1 heteroatoms. The molecule has 0 aromatic heterocycles. The first-order valence-electron chi connectivity index (χ1n) is 7.67. The molecule has 17 heavy (non-hydrogen) atoms. The lowest BCUT2D eigenvalue weighted by Crippen LogP contribution is -2.36. The summed E-state index contributed by atoms with van der Waals surface area (Å²) >= 11 is 0. The van der Waals surface area contributed by atoms with Crippen molar-refractivity contribution in [3.05, 3.63) is 11.6 Å². The summed E-state index contributed by atoms with van der Waals surface area (Å²) in [4.78, 5) is 0. The second-order valence-corrected chi connectivity index (χ2v) is 6.28. The monoisotopic (exact) mass is 235 g/mol. The normalized spacial score (nSPS) is 34.5. The lowest BCUT2D eigenvalue weighted by Gasteiger charge is -2.32. The Kier molecular flexibility index (Phi) is 5.09. The van der Waals surface area contributed by atoms with Crippen LogP contribution in [-0.4, -0.2) is 12.6 Å². The summed E-state index contributed by atoms with van der Waals surface area (Å²) in [5, 5.41) is 3.78.